The molecular weight excluding hydrogens is 426 g/mol. The minimum atomic E-state index is -0.426. The van der Waals surface area contributed by atoms with Crippen molar-refractivity contribution in [2.24, 2.45) is 0 Å². The van der Waals surface area contributed by atoms with Gasteiger partial charge in [-0.15, -0.1) is 11.3 Å². The number of aryl methyl sites for hydroxylation is 1. The largest absolute Gasteiger partial charge is 0.349 e. The average molecular weight is 448 g/mol. The van der Waals surface area contributed by atoms with Crippen molar-refractivity contribution in [3.63, 3.8) is 0 Å². The van der Waals surface area contributed by atoms with Gasteiger partial charge in [-0.1, -0.05) is 35.9 Å². The second-order valence-electron chi connectivity index (χ2n) is 7.21. The number of rotatable bonds is 7. The summed E-state index contributed by atoms with van der Waals surface area (Å²) < 4.78 is 2.58. The summed E-state index contributed by atoms with van der Waals surface area (Å²) in [6.07, 6.45) is 0. The first kappa shape index (κ1) is 21.4. The van der Waals surface area contributed by atoms with Crippen LogP contribution < -0.4 is 16.4 Å². The molecule has 0 aliphatic rings. The molecule has 0 unspecified atom stereocenters. The highest BCUT2D eigenvalue weighted by atomic mass is 32.1. The molecule has 162 valence electrons. The Hall–Kier alpha value is -3.85. The smallest absolute Gasteiger partial charge is 0.271 e. The van der Waals surface area contributed by atoms with Crippen molar-refractivity contribution < 1.29 is 4.79 Å². The zero-order valence-electron chi connectivity index (χ0n) is 17.4. The van der Waals surface area contributed by atoms with Gasteiger partial charge in [0, 0.05) is 18.7 Å². The standard InChI is InChI=1S/C23H21N5O3S/c1-16-4-6-17(7-5-16)15-28-22(30)11-9-19(26-28)23(31)24-12-13-27-21(29)10-8-18(25-27)20-3-2-14-32-20/h2-11,14H,12-13,15H2,1H3,(H,24,31). The number of hydrogen-bond donors (Lipinski definition) is 1. The van der Waals surface area contributed by atoms with Gasteiger partial charge in [0.2, 0.25) is 0 Å². The average Bonchev–Trinajstić information content (AvgIpc) is 3.33. The van der Waals surface area contributed by atoms with Gasteiger partial charge < -0.3 is 5.32 Å². The second kappa shape index (κ2) is 9.52. The molecule has 3 aromatic heterocycles. The monoisotopic (exact) mass is 447 g/mol. The third-order valence-electron chi connectivity index (χ3n) is 4.80. The summed E-state index contributed by atoms with van der Waals surface area (Å²) >= 11 is 1.54. The van der Waals surface area contributed by atoms with E-state index in [-0.39, 0.29) is 36.4 Å². The van der Waals surface area contributed by atoms with Crippen LogP contribution in [0.15, 0.2) is 75.6 Å². The second-order valence-corrected chi connectivity index (χ2v) is 8.16. The Kier molecular flexibility index (Phi) is 6.37. The molecule has 0 spiro atoms. The zero-order valence-corrected chi connectivity index (χ0v) is 18.2. The van der Waals surface area contributed by atoms with Crippen molar-refractivity contribution in [2.75, 3.05) is 6.54 Å². The van der Waals surface area contributed by atoms with Crippen LogP contribution in [0.3, 0.4) is 0 Å². The van der Waals surface area contributed by atoms with Crippen molar-refractivity contribution in [1.29, 1.82) is 0 Å². The SMILES string of the molecule is Cc1ccc(Cn2nc(C(=O)NCCn3nc(-c4cccs4)ccc3=O)ccc2=O)cc1. The predicted octanol–water partition coefficient (Wildman–Crippen LogP) is 2.32. The molecule has 0 radical (unpaired) electrons. The molecule has 4 rings (SSSR count). The van der Waals surface area contributed by atoms with E-state index in [2.05, 4.69) is 15.5 Å². The van der Waals surface area contributed by atoms with Crippen LogP contribution in [-0.4, -0.2) is 32.0 Å². The lowest BCUT2D eigenvalue weighted by molar-refractivity contribution is 0.0944. The third-order valence-corrected chi connectivity index (χ3v) is 5.69. The molecule has 32 heavy (non-hydrogen) atoms. The number of carbonyl (C=O) groups is 1. The minimum Gasteiger partial charge on any atom is -0.349 e. The van der Waals surface area contributed by atoms with E-state index >= 15 is 0 Å². The van der Waals surface area contributed by atoms with Crippen LogP contribution in [0.1, 0.15) is 21.6 Å². The first-order valence-corrected chi connectivity index (χ1v) is 10.9. The number of carbonyl (C=O) groups excluding carboxylic acids is 1. The molecule has 0 saturated carbocycles. The lowest BCUT2D eigenvalue weighted by atomic mass is 10.1. The van der Waals surface area contributed by atoms with E-state index in [4.69, 9.17) is 0 Å². The van der Waals surface area contributed by atoms with Gasteiger partial charge in [0.15, 0.2) is 0 Å². The number of amides is 1. The summed E-state index contributed by atoms with van der Waals surface area (Å²) in [5, 5.41) is 13.2. The molecule has 0 fully saturated rings. The molecule has 3 heterocycles. The van der Waals surface area contributed by atoms with Crippen molar-refractivity contribution in [3.8, 4) is 10.6 Å². The molecular formula is C23H21N5O3S. The van der Waals surface area contributed by atoms with E-state index in [1.807, 2.05) is 48.7 Å². The number of nitrogens with one attached hydrogen (secondary N) is 1. The van der Waals surface area contributed by atoms with Gasteiger partial charge in [-0.05, 0) is 36.1 Å². The predicted molar refractivity (Wildman–Crippen MR) is 123 cm³/mol. The van der Waals surface area contributed by atoms with E-state index in [0.29, 0.717) is 5.69 Å². The molecule has 8 nitrogen and oxygen atoms in total. The van der Waals surface area contributed by atoms with Crippen LogP contribution in [0.2, 0.25) is 0 Å². The highest BCUT2D eigenvalue weighted by Gasteiger charge is 2.11. The fraction of sp³-hybridized carbons (Fsp3) is 0.174. The molecule has 1 aromatic carbocycles. The van der Waals surface area contributed by atoms with E-state index in [0.717, 1.165) is 16.0 Å². The Morgan fingerprint density at radius 2 is 1.69 bits per heavy atom. The molecule has 0 saturated heterocycles. The zero-order chi connectivity index (χ0) is 22.5. The summed E-state index contributed by atoms with van der Waals surface area (Å²) in [4.78, 5) is 37.8. The van der Waals surface area contributed by atoms with E-state index in [1.165, 1.54) is 38.9 Å². The number of benzene rings is 1. The van der Waals surface area contributed by atoms with Gasteiger partial charge in [0.25, 0.3) is 17.0 Å². The fourth-order valence-corrected chi connectivity index (χ4v) is 3.77. The lowest BCUT2D eigenvalue weighted by Gasteiger charge is -2.09. The summed E-state index contributed by atoms with van der Waals surface area (Å²) in [5.41, 5.74) is 2.34. The van der Waals surface area contributed by atoms with E-state index in [9.17, 15) is 14.4 Å². The van der Waals surface area contributed by atoms with Crippen molar-refractivity contribution in [2.45, 2.75) is 20.0 Å². The van der Waals surface area contributed by atoms with Gasteiger partial charge in [-0.3, -0.25) is 14.4 Å². The molecule has 0 aliphatic heterocycles. The molecule has 0 bridgehead atoms. The van der Waals surface area contributed by atoms with Gasteiger partial charge in [-0.2, -0.15) is 10.2 Å². The molecule has 0 atom stereocenters. The summed E-state index contributed by atoms with van der Waals surface area (Å²) in [7, 11) is 0. The summed E-state index contributed by atoms with van der Waals surface area (Å²) in [6.45, 7) is 2.67. The van der Waals surface area contributed by atoms with Crippen LogP contribution >= 0.6 is 11.3 Å². The lowest BCUT2D eigenvalue weighted by Crippen LogP contribution is -2.34. The maximum absolute atomic E-state index is 12.5. The molecule has 1 amide bonds. The van der Waals surface area contributed by atoms with Crippen LogP contribution in [0, 0.1) is 6.92 Å². The number of nitrogens with zero attached hydrogens (tertiary/aromatic N) is 4. The molecule has 4 aromatic rings. The maximum Gasteiger partial charge on any atom is 0.271 e. The van der Waals surface area contributed by atoms with Gasteiger partial charge in [0.05, 0.1) is 18.0 Å². The van der Waals surface area contributed by atoms with Gasteiger partial charge in [-0.25, -0.2) is 9.36 Å². The molecule has 0 aliphatic carbocycles. The van der Waals surface area contributed by atoms with Crippen LogP contribution in [0.5, 0.6) is 0 Å². The maximum atomic E-state index is 12.5. The Morgan fingerprint density at radius 3 is 2.44 bits per heavy atom. The Bertz CT molecular complexity index is 1340. The third kappa shape index (κ3) is 5.06. The van der Waals surface area contributed by atoms with Crippen molar-refractivity contribution in [3.05, 3.63) is 104 Å². The van der Waals surface area contributed by atoms with Crippen LogP contribution in [0.4, 0.5) is 0 Å². The van der Waals surface area contributed by atoms with Gasteiger partial charge in [0.1, 0.15) is 11.4 Å². The topological polar surface area (TPSA) is 98.9 Å². The quantitative estimate of drug-likeness (QED) is 0.469. The van der Waals surface area contributed by atoms with Crippen LogP contribution in [0.25, 0.3) is 10.6 Å². The highest BCUT2D eigenvalue weighted by Crippen LogP contribution is 2.20. The van der Waals surface area contributed by atoms with E-state index < -0.39 is 5.91 Å². The minimum absolute atomic E-state index is 0.129. The molecule has 1 N–H and O–H groups in total. The summed E-state index contributed by atoms with van der Waals surface area (Å²) in [6, 6.07) is 17.5. The number of hydrogen-bond acceptors (Lipinski definition) is 6. The van der Waals surface area contributed by atoms with Crippen molar-refractivity contribution in [1.82, 2.24) is 24.9 Å². The first-order chi connectivity index (χ1) is 15.5. The highest BCUT2D eigenvalue weighted by molar-refractivity contribution is 7.13. The first-order valence-electron chi connectivity index (χ1n) is 10.0. The van der Waals surface area contributed by atoms with Crippen LogP contribution in [-0.2, 0) is 13.1 Å². The molecule has 9 heteroatoms. The fourth-order valence-electron chi connectivity index (χ4n) is 3.08. The number of aromatic nitrogens is 4. The Balaban J connectivity index is 1.41. The summed E-state index contributed by atoms with van der Waals surface area (Å²) in [5.74, 6) is -0.426. The van der Waals surface area contributed by atoms with E-state index in [1.54, 1.807) is 6.07 Å². The Morgan fingerprint density at radius 1 is 0.938 bits per heavy atom. The normalized spacial score (nSPS) is 10.8. The Labute approximate surface area is 187 Å². The number of thiophene rings is 1. The van der Waals surface area contributed by atoms with Crippen molar-refractivity contribution >= 4 is 17.2 Å². The van der Waals surface area contributed by atoms with Gasteiger partial charge >= 0.3 is 0 Å².